The van der Waals surface area contributed by atoms with Crippen molar-refractivity contribution in [3.05, 3.63) is 23.4 Å². The van der Waals surface area contributed by atoms with E-state index in [1.54, 1.807) is 0 Å². The lowest BCUT2D eigenvalue weighted by Gasteiger charge is -2.20. The fourth-order valence-electron chi connectivity index (χ4n) is 2.91. The van der Waals surface area contributed by atoms with E-state index in [1.807, 2.05) is 6.20 Å². The molecule has 1 saturated carbocycles. The van der Waals surface area contributed by atoms with E-state index in [4.69, 9.17) is 4.98 Å². The van der Waals surface area contributed by atoms with E-state index in [0.29, 0.717) is 0 Å². The van der Waals surface area contributed by atoms with Crippen molar-refractivity contribution in [3.8, 4) is 0 Å². The van der Waals surface area contributed by atoms with E-state index in [-0.39, 0.29) is 0 Å². The molecule has 1 aromatic heterocycles. The molecule has 2 unspecified atom stereocenters. The minimum atomic E-state index is 0.764. The predicted octanol–water partition coefficient (Wildman–Crippen LogP) is 2.73. The first-order valence-corrected chi connectivity index (χ1v) is 7.57. The Balaban J connectivity index is 1.68. The molecule has 3 rings (SSSR count). The molecule has 0 radical (unpaired) electrons. The van der Waals surface area contributed by atoms with Crippen LogP contribution >= 0.6 is 0 Å². The SMILES string of the molecule is Cc1cc(CNC2CC2)cnc1N1CC(C)C(C)C1. The highest BCUT2D eigenvalue weighted by Crippen LogP contribution is 2.28. The number of nitrogens with one attached hydrogen (secondary N) is 1. The number of hydrogen-bond acceptors (Lipinski definition) is 3. The first kappa shape index (κ1) is 12.9. The quantitative estimate of drug-likeness (QED) is 0.901. The molecule has 2 fully saturated rings. The van der Waals surface area contributed by atoms with Gasteiger partial charge in [0.2, 0.25) is 0 Å². The molecule has 0 aromatic carbocycles. The van der Waals surface area contributed by atoms with Crippen molar-refractivity contribution >= 4 is 5.82 Å². The summed E-state index contributed by atoms with van der Waals surface area (Å²) in [5.41, 5.74) is 2.63. The van der Waals surface area contributed by atoms with Crippen molar-refractivity contribution < 1.29 is 0 Å². The monoisotopic (exact) mass is 259 g/mol. The highest BCUT2D eigenvalue weighted by Gasteiger charge is 2.27. The third-order valence-electron chi connectivity index (χ3n) is 4.57. The lowest BCUT2D eigenvalue weighted by molar-refractivity contribution is 0.494. The van der Waals surface area contributed by atoms with Crippen LogP contribution in [-0.2, 0) is 6.54 Å². The molecule has 1 aliphatic carbocycles. The van der Waals surface area contributed by atoms with E-state index in [9.17, 15) is 0 Å². The molecule has 0 bridgehead atoms. The second kappa shape index (κ2) is 5.12. The van der Waals surface area contributed by atoms with Gasteiger partial charge in [-0.1, -0.05) is 13.8 Å². The van der Waals surface area contributed by atoms with Gasteiger partial charge >= 0.3 is 0 Å². The third kappa shape index (κ3) is 2.92. The van der Waals surface area contributed by atoms with Gasteiger partial charge in [0.1, 0.15) is 5.82 Å². The van der Waals surface area contributed by atoms with Gasteiger partial charge in [-0.15, -0.1) is 0 Å². The van der Waals surface area contributed by atoms with Gasteiger partial charge in [0, 0.05) is 31.9 Å². The lowest BCUT2D eigenvalue weighted by Crippen LogP contribution is -2.22. The van der Waals surface area contributed by atoms with Gasteiger partial charge < -0.3 is 10.2 Å². The third-order valence-corrected chi connectivity index (χ3v) is 4.57. The summed E-state index contributed by atoms with van der Waals surface area (Å²) in [5, 5.41) is 3.55. The van der Waals surface area contributed by atoms with Gasteiger partial charge in [0.25, 0.3) is 0 Å². The first-order chi connectivity index (χ1) is 9.13. The molecule has 2 aliphatic rings. The minimum Gasteiger partial charge on any atom is -0.356 e. The van der Waals surface area contributed by atoms with Crippen molar-refractivity contribution in [3.63, 3.8) is 0 Å². The molecule has 3 nitrogen and oxygen atoms in total. The molecular formula is C16H25N3. The van der Waals surface area contributed by atoms with E-state index in [1.165, 1.54) is 29.8 Å². The Morgan fingerprint density at radius 2 is 1.95 bits per heavy atom. The number of aryl methyl sites for hydroxylation is 1. The molecular weight excluding hydrogens is 234 g/mol. The zero-order chi connectivity index (χ0) is 13.4. The predicted molar refractivity (Wildman–Crippen MR) is 79.4 cm³/mol. The fourth-order valence-corrected chi connectivity index (χ4v) is 2.91. The topological polar surface area (TPSA) is 28.2 Å². The zero-order valence-electron chi connectivity index (χ0n) is 12.3. The normalized spacial score (nSPS) is 27.0. The zero-order valence-corrected chi connectivity index (χ0v) is 12.3. The molecule has 1 aliphatic heterocycles. The molecule has 2 atom stereocenters. The minimum absolute atomic E-state index is 0.764. The van der Waals surface area contributed by atoms with Crippen LogP contribution in [0.1, 0.15) is 37.8 Å². The summed E-state index contributed by atoms with van der Waals surface area (Å²) in [6.45, 7) is 10.1. The van der Waals surface area contributed by atoms with E-state index < -0.39 is 0 Å². The highest BCUT2D eigenvalue weighted by molar-refractivity contribution is 5.48. The van der Waals surface area contributed by atoms with E-state index in [0.717, 1.165) is 37.5 Å². The first-order valence-electron chi connectivity index (χ1n) is 7.57. The van der Waals surface area contributed by atoms with Crippen molar-refractivity contribution in [2.45, 2.75) is 46.2 Å². The Bertz CT molecular complexity index is 443. The maximum absolute atomic E-state index is 4.71. The largest absolute Gasteiger partial charge is 0.356 e. The van der Waals surface area contributed by atoms with Crippen molar-refractivity contribution in [1.82, 2.24) is 10.3 Å². The van der Waals surface area contributed by atoms with Gasteiger partial charge in [0.05, 0.1) is 0 Å². The summed E-state index contributed by atoms with van der Waals surface area (Å²) < 4.78 is 0. The summed E-state index contributed by atoms with van der Waals surface area (Å²) in [6.07, 6.45) is 4.73. The average Bonchev–Trinajstić information content (AvgIpc) is 3.14. The summed E-state index contributed by atoms with van der Waals surface area (Å²) in [4.78, 5) is 7.16. The molecule has 2 heterocycles. The Labute approximate surface area is 116 Å². The molecule has 1 saturated heterocycles. The Kier molecular flexibility index (Phi) is 3.48. The number of anilines is 1. The molecule has 0 amide bonds. The van der Waals surface area contributed by atoms with Gasteiger partial charge in [-0.25, -0.2) is 4.98 Å². The van der Waals surface area contributed by atoms with Gasteiger partial charge in [-0.3, -0.25) is 0 Å². The maximum atomic E-state index is 4.71. The summed E-state index contributed by atoms with van der Waals surface area (Å²) in [7, 11) is 0. The van der Waals surface area contributed by atoms with Crippen LogP contribution < -0.4 is 10.2 Å². The second-order valence-corrected chi connectivity index (χ2v) is 6.50. The van der Waals surface area contributed by atoms with Crippen molar-refractivity contribution in [2.24, 2.45) is 11.8 Å². The van der Waals surface area contributed by atoms with Crippen molar-refractivity contribution in [2.75, 3.05) is 18.0 Å². The molecule has 0 spiro atoms. The number of nitrogens with zero attached hydrogens (tertiary/aromatic N) is 2. The highest BCUT2D eigenvalue weighted by atomic mass is 15.2. The number of rotatable bonds is 4. The summed E-state index contributed by atoms with van der Waals surface area (Å²) >= 11 is 0. The van der Waals surface area contributed by atoms with Crippen LogP contribution in [0.3, 0.4) is 0 Å². The summed E-state index contributed by atoms with van der Waals surface area (Å²) in [6, 6.07) is 3.06. The molecule has 3 heteroatoms. The Morgan fingerprint density at radius 3 is 2.53 bits per heavy atom. The number of pyridine rings is 1. The van der Waals surface area contributed by atoms with Gasteiger partial charge in [-0.2, -0.15) is 0 Å². The van der Waals surface area contributed by atoms with Crippen LogP contribution in [0.2, 0.25) is 0 Å². The maximum Gasteiger partial charge on any atom is 0.131 e. The molecule has 1 N–H and O–H groups in total. The number of aromatic nitrogens is 1. The molecule has 104 valence electrons. The van der Waals surface area contributed by atoms with E-state index in [2.05, 4.69) is 37.1 Å². The average molecular weight is 259 g/mol. The van der Waals surface area contributed by atoms with Gasteiger partial charge in [-0.05, 0) is 48.8 Å². The standard InChI is InChI=1S/C16H25N3/c1-11-6-14(7-17-15-4-5-15)8-18-16(11)19-9-12(2)13(3)10-19/h6,8,12-13,15,17H,4-5,7,9-10H2,1-3H3. The van der Waals surface area contributed by atoms with Crippen LogP contribution in [-0.4, -0.2) is 24.1 Å². The summed E-state index contributed by atoms with van der Waals surface area (Å²) in [5.74, 6) is 2.74. The van der Waals surface area contributed by atoms with E-state index >= 15 is 0 Å². The lowest BCUT2D eigenvalue weighted by atomic mass is 10.0. The Morgan fingerprint density at radius 1 is 1.26 bits per heavy atom. The smallest absolute Gasteiger partial charge is 0.131 e. The van der Waals surface area contributed by atoms with Crippen LogP contribution in [0, 0.1) is 18.8 Å². The van der Waals surface area contributed by atoms with Crippen LogP contribution in [0.5, 0.6) is 0 Å². The van der Waals surface area contributed by atoms with Crippen LogP contribution in [0.25, 0.3) is 0 Å². The van der Waals surface area contributed by atoms with Crippen molar-refractivity contribution in [1.29, 1.82) is 0 Å². The fraction of sp³-hybridized carbons (Fsp3) is 0.688. The molecule has 19 heavy (non-hydrogen) atoms. The van der Waals surface area contributed by atoms with Crippen LogP contribution in [0.15, 0.2) is 12.3 Å². The number of hydrogen-bond donors (Lipinski definition) is 1. The Hall–Kier alpha value is -1.09. The second-order valence-electron chi connectivity index (χ2n) is 6.50. The van der Waals surface area contributed by atoms with Gasteiger partial charge in [0.15, 0.2) is 0 Å². The van der Waals surface area contributed by atoms with Crippen LogP contribution in [0.4, 0.5) is 5.82 Å². The molecule has 1 aromatic rings.